The van der Waals surface area contributed by atoms with Gasteiger partial charge in [-0.05, 0) is 28.8 Å². The number of aliphatic imine (C=N–C) groups is 1. The minimum absolute atomic E-state index is 0.0150. The third-order valence-corrected chi connectivity index (χ3v) is 4.93. The van der Waals surface area contributed by atoms with Gasteiger partial charge in [-0.2, -0.15) is 0 Å². The van der Waals surface area contributed by atoms with Gasteiger partial charge in [0.25, 0.3) is 0 Å². The van der Waals surface area contributed by atoms with Gasteiger partial charge in [-0.3, -0.25) is 4.99 Å². The average Bonchev–Trinajstić information content (AvgIpc) is 3.14. The third-order valence-electron chi connectivity index (χ3n) is 4.70. The Morgan fingerprint density at radius 3 is 2.15 bits per heavy atom. The van der Waals surface area contributed by atoms with Crippen molar-refractivity contribution in [1.82, 2.24) is 5.32 Å². The Bertz CT molecular complexity index is 909. The van der Waals surface area contributed by atoms with Crippen LogP contribution in [0, 0.1) is 0 Å². The highest BCUT2D eigenvalue weighted by Gasteiger charge is 2.33. The average molecular weight is 362 g/mol. The molecule has 0 fully saturated rings. The lowest BCUT2D eigenvalue weighted by molar-refractivity contribution is 0.570. The molecular formula is C22H20ClN3. The predicted octanol–water partition coefficient (Wildman–Crippen LogP) is 4.82. The SMILES string of the molecule is NC(C1=N[C@@H](c2ccccc2)[C@@H](c2ccccc2)N1)c1cccc(Cl)c1. The monoisotopic (exact) mass is 361 g/mol. The zero-order valence-corrected chi connectivity index (χ0v) is 15.0. The summed E-state index contributed by atoms with van der Waals surface area (Å²) in [4.78, 5) is 4.96. The molecule has 0 bridgehead atoms. The maximum atomic E-state index is 6.50. The van der Waals surface area contributed by atoms with Crippen LogP contribution in [0.2, 0.25) is 5.02 Å². The van der Waals surface area contributed by atoms with E-state index < -0.39 is 0 Å². The van der Waals surface area contributed by atoms with Crippen LogP contribution in [-0.2, 0) is 0 Å². The highest BCUT2D eigenvalue weighted by molar-refractivity contribution is 6.30. The van der Waals surface area contributed by atoms with E-state index in [0.717, 1.165) is 11.4 Å². The van der Waals surface area contributed by atoms with Crippen molar-refractivity contribution >= 4 is 17.4 Å². The number of hydrogen-bond acceptors (Lipinski definition) is 3. The van der Waals surface area contributed by atoms with Crippen molar-refractivity contribution in [3.63, 3.8) is 0 Å². The van der Waals surface area contributed by atoms with Crippen molar-refractivity contribution in [2.45, 2.75) is 18.1 Å². The van der Waals surface area contributed by atoms with E-state index in [2.05, 4.69) is 29.6 Å². The number of hydrogen-bond donors (Lipinski definition) is 2. The van der Waals surface area contributed by atoms with Gasteiger partial charge in [0.15, 0.2) is 0 Å². The first-order chi connectivity index (χ1) is 12.7. The second-order valence-electron chi connectivity index (χ2n) is 6.44. The molecule has 0 aliphatic carbocycles. The molecule has 0 aromatic heterocycles. The molecule has 4 rings (SSSR count). The number of benzene rings is 3. The highest BCUT2D eigenvalue weighted by atomic mass is 35.5. The molecule has 0 spiro atoms. The molecular weight excluding hydrogens is 342 g/mol. The van der Waals surface area contributed by atoms with Crippen LogP contribution in [0.25, 0.3) is 0 Å². The fourth-order valence-electron chi connectivity index (χ4n) is 3.37. The molecule has 1 unspecified atom stereocenters. The first kappa shape index (κ1) is 16.8. The zero-order valence-electron chi connectivity index (χ0n) is 14.2. The van der Waals surface area contributed by atoms with Gasteiger partial charge >= 0.3 is 0 Å². The molecule has 1 heterocycles. The van der Waals surface area contributed by atoms with Crippen molar-refractivity contribution in [2.75, 3.05) is 0 Å². The Labute approximate surface area is 158 Å². The van der Waals surface area contributed by atoms with E-state index in [9.17, 15) is 0 Å². The molecule has 130 valence electrons. The van der Waals surface area contributed by atoms with Crippen LogP contribution in [0.4, 0.5) is 0 Å². The molecule has 0 saturated carbocycles. The first-order valence-corrected chi connectivity index (χ1v) is 9.05. The molecule has 26 heavy (non-hydrogen) atoms. The second-order valence-corrected chi connectivity index (χ2v) is 6.87. The molecule has 3 aromatic rings. The van der Waals surface area contributed by atoms with Gasteiger partial charge < -0.3 is 11.1 Å². The summed E-state index contributed by atoms with van der Waals surface area (Å²) >= 11 is 6.13. The topological polar surface area (TPSA) is 50.4 Å². The molecule has 1 aliphatic heterocycles. The predicted molar refractivity (Wildman–Crippen MR) is 107 cm³/mol. The van der Waals surface area contributed by atoms with E-state index >= 15 is 0 Å². The van der Waals surface area contributed by atoms with Crippen LogP contribution < -0.4 is 11.1 Å². The number of nitrogens with one attached hydrogen (secondary N) is 1. The van der Waals surface area contributed by atoms with E-state index in [1.165, 1.54) is 11.1 Å². The van der Waals surface area contributed by atoms with Crippen LogP contribution in [0.5, 0.6) is 0 Å². The van der Waals surface area contributed by atoms with Crippen LogP contribution in [0.3, 0.4) is 0 Å². The quantitative estimate of drug-likeness (QED) is 0.699. The first-order valence-electron chi connectivity index (χ1n) is 8.67. The summed E-state index contributed by atoms with van der Waals surface area (Å²) in [5.41, 5.74) is 9.81. The van der Waals surface area contributed by atoms with Gasteiger partial charge in [-0.25, -0.2) is 0 Å². The fourth-order valence-corrected chi connectivity index (χ4v) is 3.57. The smallest absolute Gasteiger partial charge is 0.119 e. The van der Waals surface area contributed by atoms with E-state index in [-0.39, 0.29) is 18.1 Å². The number of halogens is 1. The lowest BCUT2D eigenvalue weighted by atomic mass is 9.95. The van der Waals surface area contributed by atoms with Crippen molar-refractivity contribution in [3.8, 4) is 0 Å². The molecule has 0 amide bonds. The van der Waals surface area contributed by atoms with E-state index in [0.29, 0.717) is 5.02 Å². The maximum Gasteiger partial charge on any atom is 0.119 e. The molecule has 3 N–H and O–H groups in total. The lowest BCUT2D eigenvalue weighted by Crippen LogP contribution is -2.33. The number of rotatable bonds is 4. The number of nitrogens with zero attached hydrogens (tertiary/aromatic N) is 1. The molecule has 0 saturated heterocycles. The Morgan fingerprint density at radius 1 is 0.846 bits per heavy atom. The molecule has 0 radical (unpaired) electrons. The number of nitrogens with two attached hydrogens (primary N) is 1. The highest BCUT2D eigenvalue weighted by Crippen LogP contribution is 2.37. The Hall–Kier alpha value is -2.62. The van der Waals surface area contributed by atoms with Gasteiger partial charge in [-0.15, -0.1) is 0 Å². The van der Waals surface area contributed by atoms with Crippen molar-refractivity contribution in [3.05, 3.63) is 107 Å². The summed E-state index contributed by atoms with van der Waals surface area (Å²) in [7, 11) is 0. The van der Waals surface area contributed by atoms with Crippen molar-refractivity contribution in [2.24, 2.45) is 10.7 Å². The van der Waals surface area contributed by atoms with E-state index in [4.69, 9.17) is 22.3 Å². The standard InChI is InChI=1S/C22H20ClN3/c23-18-13-7-12-17(14-18)19(24)22-25-20(15-8-3-1-4-9-15)21(26-22)16-10-5-2-6-11-16/h1-14,19-21H,24H2,(H,25,26)/t19?,20-,21+. The summed E-state index contributed by atoms with van der Waals surface area (Å²) in [6, 6.07) is 28.0. The summed E-state index contributed by atoms with van der Waals surface area (Å²) in [5.74, 6) is 0.787. The fraction of sp³-hybridized carbons (Fsp3) is 0.136. The molecule has 3 atom stereocenters. The van der Waals surface area contributed by atoms with E-state index in [1.54, 1.807) is 0 Å². The van der Waals surface area contributed by atoms with Crippen LogP contribution in [-0.4, -0.2) is 5.84 Å². The minimum atomic E-state index is -0.339. The van der Waals surface area contributed by atoms with Gasteiger partial charge in [0.1, 0.15) is 11.9 Å². The Morgan fingerprint density at radius 2 is 1.50 bits per heavy atom. The molecule has 4 heteroatoms. The van der Waals surface area contributed by atoms with E-state index in [1.807, 2.05) is 60.7 Å². The third kappa shape index (κ3) is 3.36. The normalized spacial score (nSPS) is 20.3. The van der Waals surface area contributed by atoms with Gasteiger partial charge in [0.2, 0.25) is 0 Å². The Balaban J connectivity index is 1.70. The zero-order chi connectivity index (χ0) is 17.9. The summed E-state index contributed by atoms with van der Waals surface area (Å²) < 4.78 is 0. The van der Waals surface area contributed by atoms with Crippen LogP contribution >= 0.6 is 11.6 Å². The molecule has 3 aromatic carbocycles. The minimum Gasteiger partial charge on any atom is -0.363 e. The Kier molecular flexibility index (Phi) is 4.74. The van der Waals surface area contributed by atoms with Crippen molar-refractivity contribution < 1.29 is 0 Å². The molecule has 1 aliphatic rings. The largest absolute Gasteiger partial charge is 0.363 e. The van der Waals surface area contributed by atoms with Crippen molar-refractivity contribution in [1.29, 1.82) is 0 Å². The maximum absolute atomic E-state index is 6.50. The molecule has 3 nitrogen and oxygen atoms in total. The lowest BCUT2D eigenvalue weighted by Gasteiger charge is -2.20. The summed E-state index contributed by atoms with van der Waals surface area (Å²) in [6.45, 7) is 0. The number of amidine groups is 1. The van der Waals surface area contributed by atoms with Crippen LogP contribution in [0.1, 0.15) is 34.8 Å². The van der Waals surface area contributed by atoms with Gasteiger partial charge in [-0.1, -0.05) is 84.4 Å². The summed E-state index contributed by atoms with van der Waals surface area (Å²) in [5, 5.41) is 4.23. The van der Waals surface area contributed by atoms with Gasteiger partial charge in [0.05, 0.1) is 12.1 Å². The summed E-state index contributed by atoms with van der Waals surface area (Å²) in [6.07, 6.45) is 0. The van der Waals surface area contributed by atoms with Gasteiger partial charge in [0, 0.05) is 5.02 Å². The van der Waals surface area contributed by atoms with Crippen LogP contribution in [0.15, 0.2) is 89.9 Å². The second kappa shape index (κ2) is 7.32.